The van der Waals surface area contributed by atoms with E-state index in [4.69, 9.17) is 33.4 Å². The van der Waals surface area contributed by atoms with Crippen molar-refractivity contribution in [1.29, 1.82) is 0 Å². The van der Waals surface area contributed by atoms with Crippen LogP contribution in [0.15, 0.2) is 27.7 Å². The smallest absolute Gasteiger partial charge is 0.309 e. The van der Waals surface area contributed by atoms with E-state index >= 15 is 0 Å². The average Bonchev–Trinajstić information content (AvgIpc) is 2.70. The fourth-order valence-corrected chi connectivity index (χ4v) is 3.03. The second-order valence-electron chi connectivity index (χ2n) is 3.67. The molecule has 0 aliphatic heterocycles. The minimum atomic E-state index is -3.95. The molecule has 2 rings (SSSR count). The number of aryl methyl sites for hydroxylation is 1. The van der Waals surface area contributed by atoms with Gasteiger partial charge in [-0.15, -0.1) is 0 Å². The zero-order valence-electron chi connectivity index (χ0n) is 9.65. The summed E-state index contributed by atoms with van der Waals surface area (Å²) in [7, 11) is -3.95. The molecule has 1 aromatic carbocycles. The van der Waals surface area contributed by atoms with Gasteiger partial charge in [-0.25, -0.2) is 13.1 Å². The third-order valence-electron chi connectivity index (χ3n) is 2.22. The Morgan fingerprint density at radius 1 is 1.37 bits per heavy atom. The van der Waals surface area contributed by atoms with Crippen LogP contribution in [-0.2, 0) is 10.0 Å². The molecule has 102 valence electrons. The first-order valence-corrected chi connectivity index (χ1v) is 7.23. The van der Waals surface area contributed by atoms with E-state index in [2.05, 4.69) is 9.71 Å². The van der Waals surface area contributed by atoms with Crippen molar-refractivity contribution in [3.8, 4) is 0 Å². The van der Waals surface area contributed by atoms with Gasteiger partial charge in [-0.3, -0.25) is 0 Å². The van der Waals surface area contributed by atoms with E-state index in [0.29, 0.717) is 5.69 Å². The Labute approximate surface area is 119 Å². The lowest BCUT2D eigenvalue weighted by Gasteiger charge is -2.09. The predicted octanol–water partition coefficient (Wildman–Crippen LogP) is 2.67. The lowest BCUT2D eigenvalue weighted by molar-refractivity contribution is 0.569. The van der Waals surface area contributed by atoms with E-state index < -0.39 is 10.0 Å². The van der Waals surface area contributed by atoms with Crippen LogP contribution in [0, 0.1) is 6.92 Å². The Hall–Kier alpha value is -1.44. The van der Waals surface area contributed by atoms with Crippen LogP contribution in [0.5, 0.6) is 0 Å². The van der Waals surface area contributed by atoms with Crippen LogP contribution in [0.4, 0.5) is 11.7 Å². The van der Waals surface area contributed by atoms with Crippen LogP contribution in [0.2, 0.25) is 10.0 Å². The summed E-state index contributed by atoms with van der Waals surface area (Å²) in [6.45, 7) is 1.66. The zero-order chi connectivity index (χ0) is 14.2. The summed E-state index contributed by atoms with van der Waals surface area (Å²) >= 11 is 11.6. The van der Waals surface area contributed by atoms with Gasteiger partial charge in [0.15, 0.2) is 0 Å². The zero-order valence-corrected chi connectivity index (χ0v) is 12.0. The number of hydrogen-bond acceptors (Lipinski definition) is 5. The van der Waals surface area contributed by atoms with Crippen LogP contribution in [0.3, 0.4) is 0 Å². The molecule has 0 radical (unpaired) electrons. The van der Waals surface area contributed by atoms with Gasteiger partial charge in [-0.2, -0.15) is 4.98 Å². The Morgan fingerprint density at radius 3 is 2.63 bits per heavy atom. The molecule has 0 atom stereocenters. The molecule has 3 N–H and O–H groups in total. The van der Waals surface area contributed by atoms with Crippen molar-refractivity contribution in [2.45, 2.75) is 11.8 Å². The molecule has 0 bridgehead atoms. The number of sulfonamides is 1. The first-order valence-electron chi connectivity index (χ1n) is 4.99. The van der Waals surface area contributed by atoms with E-state index in [0.717, 1.165) is 0 Å². The largest absolute Gasteiger partial charge is 0.431 e. The number of aromatic nitrogens is 1. The van der Waals surface area contributed by atoms with E-state index in [-0.39, 0.29) is 26.6 Å². The van der Waals surface area contributed by atoms with Gasteiger partial charge in [0.05, 0.1) is 21.4 Å². The van der Waals surface area contributed by atoms with Crippen LogP contribution < -0.4 is 10.5 Å². The third kappa shape index (κ3) is 2.78. The van der Waals surface area contributed by atoms with E-state index in [9.17, 15) is 8.42 Å². The second-order valence-corrected chi connectivity index (χ2v) is 6.11. The number of rotatable bonds is 3. The fraction of sp³-hybridized carbons (Fsp3) is 0.100. The highest BCUT2D eigenvalue weighted by Crippen LogP contribution is 2.33. The fourth-order valence-electron chi connectivity index (χ4n) is 1.33. The van der Waals surface area contributed by atoms with Gasteiger partial charge in [-0.05, 0) is 19.1 Å². The first kappa shape index (κ1) is 14.0. The van der Waals surface area contributed by atoms with Gasteiger partial charge >= 0.3 is 6.01 Å². The van der Waals surface area contributed by atoms with Crippen LogP contribution in [-0.4, -0.2) is 13.4 Å². The minimum Gasteiger partial charge on any atom is -0.431 e. The standard InChI is InChI=1S/C10H9Cl2N3O3S/c1-5-4-18-10(14-5)15-19(16,17)7-3-2-6(11)9(13)8(7)12/h2-4H,13H2,1H3,(H,14,15). The Bertz CT molecular complexity index is 728. The third-order valence-corrected chi connectivity index (χ3v) is 4.43. The molecule has 19 heavy (non-hydrogen) atoms. The van der Waals surface area contributed by atoms with Gasteiger partial charge in [0.1, 0.15) is 11.2 Å². The van der Waals surface area contributed by atoms with Crippen molar-refractivity contribution in [2.24, 2.45) is 0 Å². The van der Waals surface area contributed by atoms with Crippen molar-refractivity contribution in [3.05, 3.63) is 34.1 Å². The maximum absolute atomic E-state index is 12.1. The summed E-state index contributed by atoms with van der Waals surface area (Å²) in [5.41, 5.74) is 6.12. The van der Waals surface area contributed by atoms with Crippen LogP contribution in [0.1, 0.15) is 5.69 Å². The first-order chi connectivity index (χ1) is 8.81. The van der Waals surface area contributed by atoms with E-state index in [1.165, 1.54) is 18.4 Å². The number of nitrogen functional groups attached to an aromatic ring is 1. The van der Waals surface area contributed by atoms with Crippen molar-refractivity contribution in [1.82, 2.24) is 4.98 Å². The van der Waals surface area contributed by atoms with Crippen molar-refractivity contribution < 1.29 is 12.8 Å². The molecular weight excluding hydrogens is 313 g/mol. The maximum Gasteiger partial charge on any atom is 0.309 e. The highest BCUT2D eigenvalue weighted by Gasteiger charge is 2.22. The molecule has 2 aromatic rings. The highest BCUT2D eigenvalue weighted by molar-refractivity contribution is 7.92. The summed E-state index contributed by atoms with van der Waals surface area (Å²) in [5.74, 6) is 0. The van der Waals surface area contributed by atoms with Crippen molar-refractivity contribution in [2.75, 3.05) is 10.5 Å². The molecule has 1 heterocycles. The number of hydrogen-bond donors (Lipinski definition) is 2. The van der Waals surface area contributed by atoms with Gasteiger partial charge in [0, 0.05) is 0 Å². The van der Waals surface area contributed by atoms with Gasteiger partial charge < -0.3 is 10.2 Å². The lowest BCUT2D eigenvalue weighted by Crippen LogP contribution is -2.14. The number of nitrogens with zero attached hydrogens (tertiary/aromatic N) is 1. The lowest BCUT2D eigenvalue weighted by atomic mass is 10.3. The van der Waals surface area contributed by atoms with E-state index in [1.54, 1.807) is 6.92 Å². The quantitative estimate of drug-likeness (QED) is 0.847. The molecular formula is C10H9Cl2N3O3S. The molecule has 0 spiro atoms. The molecule has 0 fully saturated rings. The molecule has 0 saturated heterocycles. The topological polar surface area (TPSA) is 98.2 Å². The Balaban J connectivity index is 2.43. The average molecular weight is 322 g/mol. The molecule has 0 aliphatic carbocycles. The van der Waals surface area contributed by atoms with Gasteiger partial charge in [0.25, 0.3) is 10.0 Å². The van der Waals surface area contributed by atoms with Crippen LogP contribution >= 0.6 is 23.2 Å². The number of anilines is 2. The number of benzene rings is 1. The number of oxazole rings is 1. The normalized spacial score (nSPS) is 11.5. The monoisotopic (exact) mass is 321 g/mol. The van der Waals surface area contributed by atoms with Gasteiger partial charge in [-0.1, -0.05) is 23.2 Å². The number of halogens is 2. The molecule has 6 nitrogen and oxygen atoms in total. The Kier molecular flexibility index (Phi) is 3.62. The molecule has 0 amide bonds. The van der Waals surface area contributed by atoms with Crippen LogP contribution in [0.25, 0.3) is 0 Å². The van der Waals surface area contributed by atoms with Gasteiger partial charge in [0.2, 0.25) is 0 Å². The molecule has 0 unspecified atom stereocenters. The summed E-state index contributed by atoms with van der Waals surface area (Å²) < 4.78 is 31.3. The molecule has 0 saturated carbocycles. The highest BCUT2D eigenvalue weighted by atomic mass is 35.5. The maximum atomic E-state index is 12.1. The number of nitrogens with one attached hydrogen (secondary N) is 1. The SMILES string of the molecule is Cc1coc(NS(=O)(=O)c2ccc(Cl)c(N)c2Cl)n1. The van der Waals surface area contributed by atoms with E-state index in [1.807, 2.05) is 0 Å². The summed E-state index contributed by atoms with van der Waals surface area (Å²) in [5, 5.41) is 0.0270. The molecule has 9 heteroatoms. The number of nitrogens with two attached hydrogens (primary N) is 1. The summed E-state index contributed by atoms with van der Waals surface area (Å²) in [6, 6.07) is 2.44. The summed E-state index contributed by atoms with van der Waals surface area (Å²) in [4.78, 5) is 3.63. The second kappa shape index (κ2) is 4.92. The Morgan fingerprint density at radius 2 is 2.05 bits per heavy atom. The molecule has 0 aliphatic rings. The van der Waals surface area contributed by atoms with Crippen molar-refractivity contribution in [3.63, 3.8) is 0 Å². The van der Waals surface area contributed by atoms with Crippen molar-refractivity contribution >= 4 is 44.9 Å². The minimum absolute atomic E-state index is 0.00482. The molecule has 1 aromatic heterocycles. The predicted molar refractivity (Wildman–Crippen MR) is 72.9 cm³/mol. The summed E-state index contributed by atoms with van der Waals surface area (Å²) in [6.07, 6.45) is 1.32.